The molecule has 1 aliphatic rings. The Morgan fingerprint density at radius 1 is 1.21 bits per heavy atom. The number of ether oxygens (including phenoxy) is 1. The highest BCUT2D eigenvalue weighted by Crippen LogP contribution is 2.35. The number of halogens is 3. The third kappa shape index (κ3) is 4.96. The Bertz CT molecular complexity index is 1140. The molecule has 0 radical (unpaired) electrons. The number of rotatable bonds is 7. The molecule has 0 aliphatic heterocycles. The molecule has 1 saturated carbocycles. The molecule has 1 amide bonds. The average molecular weight is 460 g/mol. The van der Waals surface area contributed by atoms with Crippen LogP contribution in [0.25, 0.3) is 5.95 Å². The lowest BCUT2D eigenvalue weighted by Gasteiger charge is -2.29. The van der Waals surface area contributed by atoms with E-state index >= 15 is 0 Å². The monoisotopic (exact) mass is 460 g/mol. The molecule has 8 nitrogen and oxygen atoms in total. The third-order valence-corrected chi connectivity index (χ3v) is 5.52. The molecule has 0 N–H and O–H groups in total. The maximum atomic E-state index is 13.5. The van der Waals surface area contributed by atoms with Crippen molar-refractivity contribution in [2.45, 2.75) is 38.9 Å². The summed E-state index contributed by atoms with van der Waals surface area (Å²) in [6.45, 7) is 3.72. The molecule has 11 heteroatoms. The molecule has 4 rings (SSSR count). The van der Waals surface area contributed by atoms with Gasteiger partial charge in [-0.25, -0.2) is 15.0 Å². The van der Waals surface area contributed by atoms with Gasteiger partial charge in [-0.05, 0) is 56.4 Å². The number of carbonyl (C=O) groups is 1. The van der Waals surface area contributed by atoms with Crippen molar-refractivity contribution >= 4 is 5.91 Å². The fourth-order valence-electron chi connectivity index (χ4n) is 3.58. The highest BCUT2D eigenvalue weighted by Gasteiger charge is 2.35. The van der Waals surface area contributed by atoms with Crippen molar-refractivity contribution in [1.29, 1.82) is 0 Å². The fraction of sp³-hybridized carbons (Fsp3) is 0.409. The predicted molar refractivity (Wildman–Crippen MR) is 112 cm³/mol. The maximum absolute atomic E-state index is 13.5. The van der Waals surface area contributed by atoms with Crippen LogP contribution in [0.3, 0.4) is 0 Å². The van der Waals surface area contributed by atoms with Crippen LogP contribution >= 0.6 is 0 Å². The number of benzene rings is 1. The predicted octanol–water partition coefficient (Wildman–Crippen LogP) is 4.01. The molecule has 174 valence electrons. The second-order valence-electron chi connectivity index (χ2n) is 8.12. The van der Waals surface area contributed by atoms with Crippen molar-refractivity contribution in [3.05, 3.63) is 59.4 Å². The number of alkyl halides is 3. The first-order chi connectivity index (χ1) is 15.7. The molecule has 1 aliphatic carbocycles. The standard InChI is InChI=1S/C22H23F3N6O2/c1-13-6-16(8-17(7-13)22(23,24)25)20(32)30(11-15-4-5-15)14(2)19-28-12-29-31(19)21-26-9-18(33-3)10-27-21/h6-10,12,14-15H,4-5,11H2,1-3H3. The highest BCUT2D eigenvalue weighted by atomic mass is 19.4. The molecular formula is C22H23F3N6O2. The Morgan fingerprint density at radius 2 is 1.91 bits per heavy atom. The Balaban J connectivity index is 1.68. The highest BCUT2D eigenvalue weighted by molar-refractivity contribution is 5.95. The minimum Gasteiger partial charge on any atom is -0.494 e. The Labute approximate surface area is 188 Å². The van der Waals surface area contributed by atoms with Gasteiger partial charge in [0.25, 0.3) is 11.9 Å². The van der Waals surface area contributed by atoms with Crippen molar-refractivity contribution in [2.24, 2.45) is 5.92 Å². The normalized spacial score (nSPS) is 14.7. The number of hydrogen-bond donors (Lipinski definition) is 0. The van der Waals surface area contributed by atoms with Crippen LogP contribution < -0.4 is 4.74 Å². The fourth-order valence-corrected chi connectivity index (χ4v) is 3.58. The number of amides is 1. The van der Waals surface area contributed by atoms with Crippen molar-refractivity contribution in [3.8, 4) is 11.7 Å². The maximum Gasteiger partial charge on any atom is 0.416 e. The Morgan fingerprint density at radius 3 is 2.52 bits per heavy atom. The zero-order valence-electron chi connectivity index (χ0n) is 18.4. The van der Waals surface area contributed by atoms with Crippen molar-refractivity contribution in [3.63, 3.8) is 0 Å². The summed E-state index contributed by atoms with van der Waals surface area (Å²) in [5.74, 6) is 0.923. The van der Waals surface area contributed by atoms with Gasteiger partial charge in [0.05, 0.1) is 31.1 Å². The molecular weight excluding hydrogens is 437 g/mol. The molecule has 3 aromatic rings. The van der Waals surface area contributed by atoms with E-state index in [2.05, 4.69) is 20.1 Å². The zero-order valence-corrected chi connectivity index (χ0v) is 18.4. The smallest absolute Gasteiger partial charge is 0.416 e. The van der Waals surface area contributed by atoms with Gasteiger partial charge in [-0.2, -0.15) is 23.0 Å². The SMILES string of the molecule is COc1cnc(-n2ncnc2C(C)N(CC2CC2)C(=O)c2cc(C)cc(C(F)(F)F)c2)nc1. The molecule has 0 saturated heterocycles. The van der Waals surface area contributed by atoms with E-state index in [1.807, 2.05) is 0 Å². The van der Waals surface area contributed by atoms with Gasteiger partial charge in [-0.1, -0.05) is 0 Å². The number of aryl methyl sites for hydroxylation is 1. The van der Waals surface area contributed by atoms with E-state index in [9.17, 15) is 18.0 Å². The Kier molecular flexibility index (Phi) is 6.05. The van der Waals surface area contributed by atoms with E-state index in [1.165, 1.54) is 36.6 Å². The minimum absolute atomic E-state index is 0.0124. The Hall–Kier alpha value is -3.50. The first-order valence-corrected chi connectivity index (χ1v) is 10.4. The second-order valence-corrected chi connectivity index (χ2v) is 8.12. The van der Waals surface area contributed by atoms with Gasteiger partial charge < -0.3 is 9.64 Å². The first-order valence-electron chi connectivity index (χ1n) is 10.4. The summed E-state index contributed by atoms with van der Waals surface area (Å²) in [5.41, 5.74) is -0.497. The van der Waals surface area contributed by atoms with Crippen LogP contribution in [0.15, 0.2) is 36.9 Å². The summed E-state index contributed by atoms with van der Waals surface area (Å²) >= 11 is 0. The lowest BCUT2D eigenvalue weighted by molar-refractivity contribution is -0.137. The summed E-state index contributed by atoms with van der Waals surface area (Å²) in [6.07, 6.45) is 1.68. The number of methoxy groups -OCH3 is 1. The van der Waals surface area contributed by atoms with Crippen molar-refractivity contribution in [2.75, 3.05) is 13.7 Å². The third-order valence-electron chi connectivity index (χ3n) is 5.52. The van der Waals surface area contributed by atoms with E-state index in [-0.39, 0.29) is 11.5 Å². The average Bonchev–Trinajstić information content (AvgIpc) is 3.48. The zero-order chi connectivity index (χ0) is 23.8. The van der Waals surface area contributed by atoms with E-state index in [1.54, 1.807) is 18.7 Å². The van der Waals surface area contributed by atoms with Crippen molar-refractivity contribution in [1.82, 2.24) is 29.6 Å². The van der Waals surface area contributed by atoms with E-state index in [4.69, 9.17) is 4.74 Å². The summed E-state index contributed by atoms with van der Waals surface area (Å²) in [5, 5.41) is 4.19. The largest absolute Gasteiger partial charge is 0.494 e. The topological polar surface area (TPSA) is 86.0 Å². The lowest BCUT2D eigenvalue weighted by Crippen LogP contribution is -2.37. The van der Waals surface area contributed by atoms with E-state index < -0.39 is 23.7 Å². The van der Waals surface area contributed by atoms with Crippen LogP contribution in [0.5, 0.6) is 5.75 Å². The van der Waals surface area contributed by atoms with E-state index in [0.29, 0.717) is 29.6 Å². The van der Waals surface area contributed by atoms with Gasteiger partial charge in [0.15, 0.2) is 11.6 Å². The number of nitrogens with zero attached hydrogens (tertiary/aromatic N) is 6. The number of aromatic nitrogens is 5. The van der Waals surface area contributed by atoms with Gasteiger partial charge in [-0.3, -0.25) is 4.79 Å². The van der Waals surface area contributed by atoms with Crippen LogP contribution in [-0.4, -0.2) is 49.2 Å². The quantitative estimate of drug-likeness (QED) is 0.530. The first kappa shape index (κ1) is 22.7. The lowest BCUT2D eigenvalue weighted by atomic mass is 10.0. The number of carbonyl (C=O) groups excluding carboxylic acids is 1. The van der Waals surface area contributed by atoms with Crippen LogP contribution in [0, 0.1) is 12.8 Å². The van der Waals surface area contributed by atoms with Gasteiger partial charge in [0.2, 0.25) is 0 Å². The van der Waals surface area contributed by atoms with Crippen LogP contribution in [0.4, 0.5) is 13.2 Å². The summed E-state index contributed by atoms with van der Waals surface area (Å²) in [6, 6.07) is 2.82. The van der Waals surface area contributed by atoms with Gasteiger partial charge >= 0.3 is 6.18 Å². The van der Waals surface area contributed by atoms with Crippen molar-refractivity contribution < 1.29 is 22.7 Å². The molecule has 0 spiro atoms. The van der Waals surface area contributed by atoms with Crippen LogP contribution in [0.2, 0.25) is 0 Å². The number of hydrogen-bond acceptors (Lipinski definition) is 6. The summed E-state index contributed by atoms with van der Waals surface area (Å²) < 4.78 is 46.5. The molecule has 1 fully saturated rings. The summed E-state index contributed by atoms with van der Waals surface area (Å²) in [4.78, 5) is 27.7. The van der Waals surface area contributed by atoms with Crippen LogP contribution in [0.1, 0.15) is 53.1 Å². The van der Waals surface area contributed by atoms with E-state index in [0.717, 1.165) is 25.0 Å². The molecule has 2 heterocycles. The molecule has 33 heavy (non-hydrogen) atoms. The molecule has 2 aromatic heterocycles. The van der Waals surface area contributed by atoms with Gasteiger partial charge in [0.1, 0.15) is 6.33 Å². The van der Waals surface area contributed by atoms with Gasteiger partial charge in [0, 0.05) is 12.1 Å². The molecule has 0 bridgehead atoms. The van der Waals surface area contributed by atoms with Gasteiger partial charge in [-0.15, -0.1) is 0 Å². The minimum atomic E-state index is -4.54. The molecule has 1 unspecified atom stereocenters. The molecule has 1 aromatic carbocycles. The summed E-state index contributed by atoms with van der Waals surface area (Å²) in [7, 11) is 1.50. The van der Waals surface area contributed by atoms with Crippen LogP contribution in [-0.2, 0) is 6.18 Å². The second kappa shape index (κ2) is 8.80. The molecule has 1 atom stereocenters.